The van der Waals surface area contributed by atoms with Crippen molar-refractivity contribution in [3.05, 3.63) is 43.0 Å². The van der Waals surface area contributed by atoms with Crippen molar-refractivity contribution in [2.24, 2.45) is 5.11 Å². The molecule has 1 saturated heterocycles. The van der Waals surface area contributed by atoms with Crippen LogP contribution in [0.5, 0.6) is 0 Å². The summed E-state index contributed by atoms with van der Waals surface area (Å²) in [4.78, 5) is 28.5. The van der Waals surface area contributed by atoms with Crippen molar-refractivity contribution in [3.8, 4) is 11.8 Å². The predicted octanol–water partition coefficient (Wildman–Crippen LogP) is -0.381. The van der Waals surface area contributed by atoms with Crippen molar-refractivity contribution in [2.75, 3.05) is 13.2 Å². The third-order valence-corrected chi connectivity index (χ3v) is 3.51. The third kappa shape index (κ3) is 4.24. The molecule has 3 atom stereocenters. The zero-order valence-corrected chi connectivity index (χ0v) is 12.8. The van der Waals surface area contributed by atoms with Crippen LogP contribution in [-0.2, 0) is 4.74 Å². The summed E-state index contributed by atoms with van der Waals surface area (Å²) in [5.41, 5.74) is 6.95. The topological polar surface area (TPSA) is 153 Å². The second kappa shape index (κ2) is 8.33. The monoisotopic (exact) mass is 335 g/mol. The molecule has 0 radical (unpaired) electrons. The zero-order chi connectivity index (χ0) is 17.5. The van der Waals surface area contributed by atoms with E-state index < -0.39 is 29.7 Å². The molecule has 0 spiro atoms. The number of ether oxygens (including phenoxy) is 1. The molecular weight excluding hydrogens is 318 g/mol. The van der Waals surface area contributed by atoms with Crippen LogP contribution in [0.25, 0.3) is 10.4 Å². The maximum atomic E-state index is 11.9. The van der Waals surface area contributed by atoms with Crippen molar-refractivity contribution in [1.29, 1.82) is 0 Å². The smallest absolute Gasteiger partial charge is 0.330 e. The molecule has 10 heteroatoms. The minimum Gasteiger partial charge on any atom is -0.394 e. The minimum absolute atomic E-state index is 0.0870. The summed E-state index contributed by atoms with van der Waals surface area (Å²) in [6, 6.07) is 0. The van der Waals surface area contributed by atoms with Gasteiger partial charge in [-0.2, -0.15) is 0 Å². The van der Waals surface area contributed by atoms with E-state index in [1.807, 2.05) is 0 Å². The van der Waals surface area contributed by atoms with Crippen LogP contribution >= 0.6 is 0 Å². The Hall–Kier alpha value is -2.57. The summed E-state index contributed by atoms with van der Waals surface area (Å²) in [6.07, 6.45) is -0.0622. The Kier molecular flexibility index (Phi) is 6.17. The molecule has 0 aliphatic carbocycles. The fourth-order valence-electron chi connectivity index (χ4n) is 2.28. The molecule has 0 bridgehead atoms. The lowest BCUT2D eigenvalue weighted by atomic mass is 10.2. The summed E-state index contributed by atoms with van der Waals surface area (Å²) >= 11 is 0. The number of hydrogen-bond donors (Lipinski definition) is 3. The molecule has 2 heterocycles. The largest absolute Gasteiger partial charge is 0.394 e. The van der Waals surface area contributed by atoms with E-state index in [2.05, 4.69) is 26.9 Å². The van der Waals surface area contributed by atoms with Crippen molar-refractivity contribution in [1.82, 2.24) is 9.55 Å². The number of rotatable bonds is 5. The highest BCUT2D eigenvalue weighted by molar-refractivity contribution is 5.29. The number of nitrogens with one attached hydrogen (secondary N) is 1. The van der Waals surface area contributed by atoms with Crippen LogP contribution in [-0.4, -0.2) is 45.1 Å². The Morgan fingerprint density at radius 1 is 1.54 bits per heavy atom. The number of H-pyrrole nitrogens is 1. The number of unbranched alkanes of at least 4 members (excludes halogenated alkanes) is 1. The van der Waals surface area contributed by atoms with E-state index in [4.69, 9.17) is 15.4 Å². The van der Waals surface area contributed by atoms with Crippen molar-refractivity contribution in [3.63, 3.8) is 0 Å². The molecule has 10 nitrogen and oxygen atoms in total. The average molecular weight is 335 g/mol. The van der Waals surface area contributed by atoms with Crippen LogP contribution in [0, 0.1) is 11.8 Å². The van der Waals surface area contributed by atoms with E-state index >= 15 is 0 Å². The maximum absolute atomic E-state index is 11.9. The van der Waals surface area contributed by atoms with E-state index in [0.717, 1.165) is 4.57 Å². The number of nitrogens with zero attached hydrogens (tertiary/aromatic N) is 4. The molecule has 1 aromatic heterocycles. The Bertz CT molecular complexity index is 798. The van der Waals surface area contributed by atoms with Crippen LogP contribution < -0.4 is 11.2 Å². The highest BCUT2D eigenvalue weighted by Crippen LogP contribution is 2.27. The SMILES string of the molecule is [N-]=[N+]=NCCCC#Cc1cn([C@H]2C[C@H](O)[C@@H](CO)O2)c(=O)[nH]c1=O. The predicted molar refractivity (Wildman–Crippen MR) is 83.1 cm³/mol. The number of azide groups is 1. The van der Waals surface area contributed by atoms with Gasteiger partial charge in [-0.3, -0.25) is 14.3 Å². The second-order valence-corrected chi connectivity index (χ2v) is 5.18. The highest BCUT2D eigenvalue weighted by atomic mass is 16.5. The Labute approximate surface area is 136 Å². The number of aliphatic hydroxyl groups excluding tert-OH is 2. The fraction of sp³-hybridized carbons (Fsp3) is 0.571. The standard InChI is InChI=1S/C14H17N5O5/c15-18-16-5-3-1-2-4-9-7-19(14(23)17-13(9)22)12-6-10(21)11(8-20)24-12/h7,10-12,20-21H,1,3,5-6,8H2,(H,17,22,23)/t10-,11+,12+/m0/s1. The number of aromatic nitrogens is 2. The van der Waals surface area contributed by atoms with Gasteiger partial charge in [0.2, 0.25) is 0 Å². The maximum Gasteiger partial charge on any atom is 0.330 e. The average Bonchev–Trinajstić information content (AvgIpc) is 2.93. The van der Waals surface area contributed by atoms with Gasteiger partial charge in [-0.1, -0.05) is 17.0 Å². The molecule has 1 aliphatic heterocycles. The van der Waals surface area contributed by atoms with E-state index in [0.29, 0.717) is 19.4 Å². The molecule has 1 aromatic rings. The molecule has 3 N–H and O–H groups in total. The number of aliphatic hydroxyl groups is 2. The van der Waals surface area contributed by atoms with Gasteiger partial charge < -0.3 is 14.9 Å². The van der Waals surface area contributed by atoms with Crippen LogP contribution in [0.15, 0.2) is 20.9 Å². The summed E-state index contributed by atoms with van der Waals surface area (Å²) < 4.78 is 6.54. The second-order valence-electron chi connectivity index (χ2n) is 5.18. The lowest BCUT2D eigenvalue weighted by Gasteiger charge is -2.14. The molecule has 2 rings (SSSR count). The Morgan fingerprint density at radius 2 is 2.33 bits per heavy atom. The minimum atomic E-state index is -0.894. The lowest BCUT2D eigenvalue weighted by molar-refractivity contribution is -0.0459. The van der Waals surface area contributed by atoms with Gasteiger partial charge in [0.05, 0.1) is 12.7 Å². The third-order valence-electron chi connectivity index (χ3n) is 3.51. The van der Waals surface area contributed by atoms with E-state index in [1.165, 1.54) is 6.20 Å². The molecule has 0 unspecified atom stereocenters. The summed E-state index contributed by atoms with van der Waals surface area (Å²) in [5, 5.41) is 22.2. The van der Waals surface area contributed by atoms with E-state index in [-0.39, 0.29) is 18.6 Å². The summed E-state index contributed by atoms with van der Waals surface area (Å²) in [7, 11) is 0. The molecule has 0 amide bonds. The quantitative estimate of drug-likeness (QED) is 0.220. The normalized spacial score (nSPS) is 22.5. The van der Waals surface area contributed by atoms with Crippen molar-refractivity contribution >= 4 is 0 Å². The summed E-state index contributed by atoms with van der Waals surface area (Å²) in [6.45, 7) is -0.0506. The van der Waals surface area contributed by atoms with Gasteiger partial charge in [0, 0.05) is 30.5 Å². The lowest BCUT2D eigenvalue weighted by Crippen LogP contribution is -2.33. The first-order valence-corrected chi connectivity index (χ1v) is 7.36. The molecular formula is C14H17N5O5. The zero-order valence-electron chi connectivity index (χ0n) is 12.8. The Balaban J connectivity index is 2.17. The highest BCUT2D eigenvalue weighted by Gasteiger charge is 2.35. The molecule has 1 aliphatic rings. The Morgan fingerprint density at radius 3 is 3.00 bits per heavy atom. The first-order valence-electron chi connectivity index (χ1n) is 7.36. The van der Waals surface area contributed by atoms with Gasteiger partial charge in [0.15, 0.2) is 0 Å². The number of aromatic amines is 1. The molecule has 0 saturated carbocycles. The van der Waals surface area contributed by atoms with Crippen molar-refractivity contribution in [2.45, 2.75) is 37.7 Å². The van der Waals surface area contributed by atoms with Gasteiger partial charge >= 0.3 is 5.69 Å². The molecule has 1 fully saturated rings. The van der Waals surface area contributed by atoms with Gasteiger partial charge in [-0.25, -0.2) is 4.79 Å². The first kappa shape index (κ1) is 17.8. The van der Waals surface area contributed by atoms with Crippen LogP contribution in [0.3, 0.4) is 0 Å². The molecule has 24 heavy (non-hydrogen) atoms. The summed E-state index contributed by atoms with van der Waals surface area (Å²) in [5.74, 6) is 5.43. The van der Waals surface area contributed by atoms with E-state index in [9.17, 15) is 14.7 Å². The first-order chi connectivity index (χ1) is 11.6. The molecule has 0 aromatic carbocycles. The van der Waals surface area contributed by atoms with Gasteiger partial charge in [0.25, 0.3) is 5.56 Å². The van der Waals surface area contributed by atoms with Gasteiger partial charge in [0.1, 0.15) is 17.9 Å². The fourth-order valence-corrected chi connectivity index (χ4v) is 2.28. The van der Waals surface area contributed by atoms with Crippen LogP contribution in [0.4, 0.5) is 0 Å². The van der Waals surface area contributed by atoms with Crippen molar-refractivity contribution < 1.29 is 14.9 Å². The molecule has 128 valence electrons. The van der Waals surface area contributed by atoms with Crippen LogP contribution in [0.1, 0.15) is 31.1 Å². The van der Waals surface area contributed by atoms with Gasteiger partial charge in [-0.15, -0.1) is 0 Å². The number of hydrogen-bond acceptors (Lipinski definition) is 6. The van der Waals surface area contributed by atoms with E-state index in [1.54, 1.807) is 0 Å². The van der Waals surface area contributed by atoms with Gasteiger partial charge in [-0.05, 0) is 12.0 Å². The van der Waals surface area contributed by atoms with Crippen LogP contribution in [0.2, 0.25) is 0 Å².